The average Bonchev–Trinajstić information content (AvgIpc) is 2.37. The molecule has 0 spiro atoms. The van der Waals surface area contributed by atoms with Crippen LogP contribution in [0.2, 0.25) is 0 Å². The quantitative estimate of drug-likeness (QED) is 0.680. The molecule has 2 aromatic rings. The van der Waals surface area contributed by atoms with Crippen LogP contribution < -0.4 is 4.57 Å². The maximum Gasteiger partial charge on any atom is 0.434 e. The van der Waals surface area contributed by atoms with Gasteiger partial charge in [0.25, 0.3) is 5.88 Å². The molecule has 0 saturated heterocycles. The fraction of sp³-hybridized carbons (Fsp3) is 0.182. The summed E-state index contributed by atoms with van der Waals surface area (Å²) in [5.74, 6) is -0.619. The number of halogens is 3. The van der Waals surface area contributed by atoms with E-state index >= 15 is 0 Å². The monoisotopic (exact) mass is 320 g/mol. The van der Waals surface area contributed by atoms with Crippen LogP contribution in [0.15, 0.2) is 36.9 Å². The molecule has 0 saturated carbocycles. The molecule has 0 amide bonds. The van der Waals surface area contributed by atoms with E-state index in [1.807, 2.05) is 0 Å². The Morgan fingerprint density at radius 1 is 1.14 bits per heavy atom. The molecule has 0 aliphatic carbocycles. The highest BCUT2D eigenvalue weighted by Crippen LogP contribution is 2.27. The van der Waals surface area contributed by atoms with Gasteiger partial charge in [0.1, 0.15) is 0 Å². The third-order valence-electron chi connectivity index (χ3n) is 2.44. The maximum atomic E-state index is 12.3. The molecule has 21 heavy (non-hydrogen) atoms. The van der Waals surface area contributed by atoms with Crippen LogP contribution in [-0.2, 0) is 22.2 Å². The normalized spacial score (nSPS) is 12.4. The lowest BCUT2D eigenvalue weighted by Gasteiger charge is -2.05. The van der Waals surface area contributed by atoms with Gasteiger partial charge in [-0.05, 0) is 0 Å². The summed E-state index contributed by atoms with van der Waals surface area (Å²) in [6.45, 7) is 0. The fourth-order valence-corrected chi connectivity index (χ4v) is 2.07. The van der Waals surface area contributed by atoms with Crippen LogP contribution in [0.4, 0.5) is 13.2 Å². The van der Waals surface area contributed by atoms with Crippen molar-refractivity contribution < 1.29 is 30.7 Å². The predicted octanol–water partition coefficient (Wildman–Crippen LogP) is 1.30. The fourth-order valence-electron chi connectivity index (χ4n) is 1.53. The van der Waals surface area contributed by atoms with Crippen LogP contribution in [0.1, 0.15) is 5.69 Å². The third-order valence-corrected chi connectivity index (χ3v) is 3.07. The first-order chi connectivity index (χ1) is 9.65. The third kappa shape index (κ3) is 4.20. The largest absolute Gasteiger partial charge is 0.434 e. The highest BCUT2D eigenvalue weighted by atomic mass is 32.2. The summed E-state index contributed by atoms with van der Waals surface area (Å²) >= 11 is 0. The first kappa shape index (κ1) is 15.3. The molecular formula is C11H9F3N3O3S+. The van der Waals surface area contributed by atoms with Gasteiger partial charge in [-0.1, -0.05) is 0 Å². The average molecular weight is 320 g/mol. The first-order valence-electron chi connectivity index (χ1n) is 5.49. The number of hydrogen-bond acceptors (Lipinski definition) is 4. The molecule has 2 aromatic heterocycles. The summed E-state index contributed by atoms with van der Waals surface area (Å²) in [6.07, 6.45) is -0.258. The van der Waals surface area contributed by atoms with E-state index in [0.29, 0.717) is 11.8 Å². The van der Waals surface area contributed by atoms with Gasteiger partial charge in [-0.15, -0.1) is 0 Å². The van der Waals surface area contributed by atoms with E-state index < -0.39 is 27.9 Å². The van der Waals surface area contributed by atoms with Gasteiger partial charge in [0, 0.05) is 17.7 Å². The van der Waals surface area contributed by atoms with E-state index in [1.54, 1.807) is 0 Å². The van der Waals surface area contributed by atoms with Gasteiger partial charge in [0.2, 0.25) is 0 Å². The Kier molecular flexibility index (Phi) is 3.92. The minimum Gasteiger partial charge on any atom is -0.281 e. The van der Waals surface area contributed by atoms with Crippen molar-refractivity contribution in [2.45, 2.75) is 12.1 Å². The van der Waals surface area contributed by atoms with Gasteiger partial charge in [-0.25, -0.2) is 4.98 Å². The van der Waals surface area contributed by atoms with Crippen molar-refractivity contribution >= 4 is 10.1 Å². The SMILES string of the molecule is O=S(=O)(O)C[n+]1ccc(-c2cnc(C(F)(F)F)cn2)cc1. The Labute approximate surface area is 117 Å². The molecule has 0 aliphatic rings. The molecule has 0 unspecified atom stereocenters. The van der Waals surface area contributed by atoms with E-state index in [9.17, 15) is 21.6 Å². The highest BCUT2D eigenvalue weighted by molar-refractivity contribution is 7.84. The van der Waals surface area contributed by atoms with Crippen LogP contribution >= 0.6 is 0 Å². The molecule has 2 rings (SSSR count). The summed E-state index contributed by atoms with van der Waals surface area (Å²) in [5, 5.41) is 0. The zero-order chi connectivity index (χ0) is 15.7. The van der Waals surface area contributed by atoms with Crippen LogP contribution in [-0.4, -0.2) is 22.9 Å². The van der Waals surface area contributed by atoms with Crippen LogP contribution in [0.3, 0.4) is 0 Å². The van der Waals surface area contributed by atoms with Gasteiger partial charge in [-0.2, -0.15) is 26.2 Å². The molecule has 0 bridgehead atoms. The second-order valence-electron chi connectivity index (χ2n) is 4.10. The molecule has 0 aliphatic heterocycles. The number of nitrogens with zero attached hydrogens (tertiary/aromatic N) is 3. The topological polar surface area (TPSA) is 84.0 Å². The van der Waals surface area contributed by atoms with Gasteiger partial charge >= 0.3 is 16.3 Å². The smallest absolute Gasteiger partial charge is 0.281 e. The van der Waals surface area contributed by atoms with Crippen molar-refractivity contribution in [3.63, 3.8) is 0 Å². The number of alkyl halides is 3. The van der Waals surface area contributed by atoms with Crippen molar-refractivity contribution in [1.29, 1.82) is 0 Å². The summed E-state index contributed by atoms with van der Waals surface area (Å²) in [7, 11) is -4.17. The molecule has 0 aromatic carbocycles. The predicted molar refractivity (Wildman–Crippen MR) is 64.2 cm³/mol. The maximum absolute atomic E-state index is 12.3. The van der Waals surface area contributed by atoms with Crippen molar-refractivity contribution in [3.8, 4) is 11.3 Å². The van der Waals surface area contributed by atoms with E-state index in [0.717, 1.165) is 6.20 Å². The molecule has 0 atom stereocenters. The standard InChI is InChI=1S/C11H8F3N3O3S/c12-11(13,14)10-6-15-9(5-16-10)8-1-3-17(4-2-8)7-21(18,19)20/h1-6H,7H2/p+1. The van der Waals surface area contributed by atoms with Crippen molar-refractivity contribution in [3.05, 3.63) is 42.6 Å². The second kappa shape index (κ2) is 5.37. The lowest BCUT2D eigenvalue weighted by Crippen LogP contribution is -2.36. The minimum absolute atomic E-state index is 0.210. The minimum atomic E-state index is -4.55. The van der Waals surface area contributed by atoms with Crippen LogP contribution in [0.25, 0.3) is 11.3 Å². The van der Waals surface area contributed by atoms with Crippen molar-refractivity contribution in [2.75, 3.05) is 0 Å². The zero-order valence-electron chi connectivity index (χ0n) is 10.3. The molecule has 6 nitrogen and oxygen atoms in total. The van der Waals surface area contributed by atoms with E-state index in [2.05, 4.69) is 9.97 Å². The summed E-state index contributed by atoms with van der Waals surface area (Å²) in [5.41, 5.74) is -0.423. The Morgan fingerprint density at radius 2 is 1.76 bits per heavy atom. The first-order valence-corrected chi connectivity index (χ1v) is 7.10. The number of pyridine rings is 1. The molecule has 0 fully saturated rings. The van der Waals surface area contributed by atoms with Crippen molar-refractivity contribution in [2.24, 2.45) is 0 Å². The van der Waals surface area contributed by atoms with E-state index in [1.165, 1.54) is 29.1 Å². The Bertz CT molecular complexity index is 728. The molecule has 1 N–H and O–H groups in total. The van der Waals surface area contributed by atoms with Gasteiger partial charge in [0.15, 0.2) is 18.1 Å². The molecule has 2 heterocycles. The second-order valence-corrected chi connectivity index (χ2v) is 5.52. The van der Waals surface area contributed by atoms with Gasteiger partial charge in [0.05, 0.1) is 18.1 Å². The summed E-state index contributed by atoms with van der Waals surface area (Å²) in [4.78, 5) is 6.94. The molecule has 112 valence electrons. The van der Waals surface area contributed by atoms with Gasteiger partial charge in [-0.3, -0.25) is 9.54 Å². The Hall–Kier alpha value is -2.07. The van der Waals surface area contributed by atoms with Crippen LogP contribution in [0, 0.1) is 0 Å². The molecular weight excluding hydrogens is 311 g/mol. The molecule has 10 heteroatoms. The summed E-state index contributed by atoms with van der Waals surface area (Å²) < 4.78 is 68.3. The number of aromatic nitrogens is 3. The number of rotatable bonds is 3. The lowest BCUT2D eigenvalue weighted by molar-refractivity contribution is -0.678. The lowest BCUT2D eigenvalue weighted by atomic mass is 10.2. The van der Waals surface area contributed by atoms with Crippen molar-refractivity contribution in [1.82, 2.24) is 9.97 Å². The number of hydrogen-bond donors (Lipinski definition) is 1. The molecule has 0 radical (unpaired) electrons. The zero-order valence-corrected chi connectivity index (χ0v) is 11.1. The Balaban J connectivity index is 2.23. The highest BCUT2D eigenvalue weighted by Gasteiger charge is 2.32. The Morgan fingerprint density at radius 3 is 2.19 bits per heavy atom. The van der Waals surface area contributed by atoms with E-state index in [-0.39, 0.29) is 5.69 Å². The summed E-state index contributed by atoms with van der Waals surface area (Å²) in [6, 6.07) is 2.89. The van der Waals surface area contributed by atoms with E-state index in [4.69, 9.17) is 4.55 Å². The van der Waals surface area contributed by atoms with Gasteiger partial charge < -0.3 is 0 Å². The van der Waals surface area contributed by atoms with Crippen LogP contribution in [0.5, 0.6) is 0 Å².